The molecule has 194 valence electrons. The maximum absolute atomic E-state index is 2.49. The van der Waals surface area contributed by atoms with E-state index >= 15 is 0 Å². The van der Waals surface area contributed by atoms with Crippen LogP contribution in [0.3, 0.4) is 0 Å². The van der Waals surface area contributed by atoms with E-state index in [1.165, 1.54) is 107 Å². The predicted molar refractivity (Wildman–Crippen MR) is 166 cm³/mol. The molecule has 0 heterocycles. The molecule has 7 rings (SSSR count). The summed E-state index contributed by atoms with van der Waals surface area (Å²) in [5.41, 5.74) is 3.11. The monoisotopic (exact) mass is 498 g/mol. The molecule has 0 bridgehead atoms. The van der Waals surface area contributed by atoms with Gasteiger partial charge in [0.2, 0.25) is 0 Å². The van der Waals surface area contributed by atoms with Crippen LogP contribution in [0.15, 0.2) is 72.8 Å². The average molecular weight is 499 g/mol. The van der Waals surface area contributed by atoms with Crippen molar-refractivity contribution in [2.75, 3.05) is 0 Å². The summed E-state index contributed by atoms with van der Waals surface area (Å²) in [6, 6.07) is 29.0. The van der Waals surface area contributed by atoms with Crippen molar-refractivity contribution in [2.24, 2.45) is 11.8 Å². The summed E-state index contributed by atoms with van der Waals surface area (Å²) in [4.78, 5) is 0. The summed E-state index contributed by atoms with van der Waals surface area (Å²) in [6.07, 6.45) is 13.7. The van der Waals surface area contributed by atoms with Crippen molar-refractivity contribution >= 4 is 43.1 Å². The predicted octanol–water partition coefficient (Wildman–Crippen LogP) is 11.7. The second-order valence-electron chi connectivity index (χ2n) is 12.6. The van der Waals surface area contributed by atoms with Gasteiger partial charge in [-0.3, -0.25) is 0 Å². The van der Waals surface area contributed by atoms with Crippen LogP contribution in [0.5, 0.6) is 0 Å². The van der Waals surface area contributed by atoms with Crippen LogP contribution in [-0.4, -0.2) is 0 Å². The van der Waals surface area contributed by atoms with E-state index in [-0.39, 0.29) is 0 Å². The quantitative estimate of drug-likeness (QED) is 0.171. The third-order valence-corrected chi connectivity index (χ3v) is 10.6. The Bertz CT molecular complexity index is 1480. The molecular weight excluding hydrogens is 456 g/mol. The lowest BCUT2D eigenvalue weighted by Crippen LogP contribution is -2.12. The largest absolute Gasteiger partial charge is 0.0651 e. The van der Waals surface area contributed by atoms with Crippen LogP contribution >= 0.6 is 0 Å². The molecule has 0 radical (unpaired) electrons. The number of hydrogen-bond acceptors (Lipinski definition) is 0. The van der Waals surface area contributed by atoms with Crippen LogP contribution in [-0.2, 0) is 0 Å². The van der Waals surface area contributed by atoms with Crippen LogP contribution in [0.2, 0.25) is 0 Å². The minimum Gasteiger partial charge on any atom is -0.0651 e. The molecule has 0 N–H and O–H groups in total. The molecular formula is C38H42. The lowest BCUT2D eigenvalue weighted by molar-refractivity contribution is 0.319. The standard InChI is InChI=1S/C38H42/c1-3-25-5-9-27(10-6-25)29-17-19-35-31(21-29)13-15-33-24-38-34(23-37(33)35)16-14-32-22-30(18-20-36(32)38)28-11-7-26(4-2)8-12-28/h13-28H,3-12H2,1-2H3. The lowest BCUT2D eigenvalue weighted by Gasteiger charge is -2.28. The molecule has 5 aromatic rings. The first-order valence-corrected chi connectivity index (χ1v) is 15.5. The first-order chi connectivity index (χ1) is 18.7. The van der Waals surface area contributed by atoms with Crippen molar-refractivity contribution in [3.63, 3.8) is 0 Å². The smallest absolute Gasteiger partial charge is 0.00990 e. The molecule has 2 aliphatic carbocycles. The zero-order valence-electron chi connectivity index (χ0n) is 23.3. The Morgan fingerprint density at radius 2 is 0.789 bits per heavy atom. The molecule has 0 atom stereocenters. The molecule has 2 fully saturated rings. The van der Waals surface area contributed by atoms with Gasteiger partial charge in [-0.25, -0.2) is 0 Å². The number of fused-ring (bicyclic) bond motifs is 6. The van der Waals surface area contributed by atoms with Gasteiger partial charge in [0.15, 0.2) is 0 Å². The van der Waals surface area contributed by atoms with E-state index in [4.69, 9.17) is 0 Å². The minimum atomic E-state index is 0.743. The van der Waals surface area contributed by atoms with Crippen molar-refractivity contribution in [2.45, 2.75) is 89.9 Å². The van der Waals surface area contributed by atoms with Gasteiger partial charge in [-0.05, 0) is 141 Å². The van der Waals surface area contributed by atoms with Gasteiger partial charge < -0.3 is 0 Å². The summed E-state index contributed by atoms with van der Waals surface area (Å²) in [7, 11) is 0. The number of rotatable bonds is 4. The van der Waals surface area contributed by atoms with Crippen molar-refractivity contribution in [3.05, 3.63) is 83.9 Å². The van der Waals surface area contributed by atoms with Gasteiger partial charge in [-0.2, -0.15) is 0 Å². The third-order valence-electron chi connectivity index (χ3n) is 10.6. The van der Waals surface area contributed by atoms with E-state index in [2.05, 4.69) is 86.6 Å². The highest BCUT2D eigenvalue weighted by Gasteiger charge is 2.23. The Labute approximate surface area is 228 Å². The van der Waals surface area contributed by atoms with Crippen molar-refractivity contribution < 1.29 is 0 Å². The van der Waals surface area contributed by atoms with Crippen LogP contribution in [0.4, 0.5) is 0 Å². The Morgan fingerprint density at radius 1 is 0.421 bits per heavy atom. The molecule has 2 saturated carbocycles. The molecule has 0 unspecified atom stereocenters. The SMILES string of the molecule is CCC1CCC(c2ccc3c(ccc4cc5c(ccc6cc(C7CCC(CC)CC7)ccc65)cc43)c2)CC1. The maximum Gasteiger partial charge on any atom is -0.00990 e. The molecule has 0 aliphatic heterocycles. The van der Waals surface area contributed by atoms with E-state index in [0.717, 1.165) is 23.7 Å². The zero-order valence-corrected chi connectivity index (χ0v) is 23.3. The van der Waals surface area contributed by atoms with Crippen molar-refractivity contribution in [3.8, 4) is 0 Å². The highest BCUT2D eigenvalue weighted by molar-refractivity contribution is 6.17. The van der Waals surface area contributed by atoms with Gasteiger partial charge in [0.1, 0.15) is 0 Å². The highest BCUT2D eigenvalue weighted by atomic mass is 14.3. The summed E-state index contributed by atoms with van der Waals surface area (Å²) in [5.74, 6) is 3.39. The topological polar surface area (TPSA) is 0 Å². The van der Waals surface area contributed by atoms with Crippen molar-refractivity contribution in [1.82, 2.24) is 0 Å². The van der Waals surface area contributed by atoms with E-state index in [0.29, 0.717) is 0 Å². The second kappa shape index (κ2) is 10.0. The molecule has 0 spiro atoms. The van der Waals surface area contributed by atoms with E-state index < -0.39 is 0 Å². The van der Waals surface area contributed by atoms with Crippen molar-refractivity contribution in [1.29, 1.82) is 0 Å². The molecule has 0 amide bonds. The van der Waals surface area contributed by atoms with Gasteiger partial charge in [-0.1, -0.05) is 87.4 Å². The van der Waals surface area contributed by atoms with Crippen LogP contribution in [0, 0.1) is 11.8 Å². The summed E-state index contributed by atoms with van der Waals surface area (Å²) >= 11 is 0. The minimum absolute atomic E-state index is 0.743. The zero-order chi connectivity index (χ0) is 25.6. The fraction of sp³-hybridized carbons (Fsp3) is 0.421. The molecule has 0 saturated heterocycles. The number of benzene rings is 5. The molecule has 0 heteroatoms. The normalized spacial score (nSPS) is 24.5. The fourth-order valence-corrected chi connectivity index (χ4v) is 7.98. The first kappa shape index (κ1) is 24.2. The Balaban J connectivity index is 1.24. The van der Waals surface area contributed by atoms with Gasteiger partial charge >= 0.3 is 0 Å². The molecule has 0 nitrogen and oxygen atoms in total. The number of hydrogen-bond donors (Lipinski definition) is 0. The molecule has 5 aromatic carbocycles. The third kappa shape index (κ3) is 4.31. The lowest BCUT2D eigenvalue weighted by atomic mass is 9.77. The van der Waals surface area contributed by atoms with E-state index in [1.807, 2.05) is 0 Å². The first-order valence-electron chi connectivity index (χ1n) is 15.5. The summed E-state index contributed by atoms with van der Waals surface area (Å²) in [6.45, 7) is 4.71. The Hall–Kier alpha value is -2.86. The highest BCUT2D eigenvalue weighted by Crippen LogP contribution is 2.41. The van der Waals surface area contributed by atoms with E-state index in [1.54, 1.807) is 11.1 Å². The average Bonchev–Trinajstić information content (AvgIpc) is 2.99. The van der Waals surface area contributed by atoms with Gasteiger partial charge in [0.05, 0.1) is 0 Å². The van der Waals surface area contributed by atoms with Crippen LogP contribution in [0.1, 0.15) is 101 Å². The van der Waals surface area contributed by atoms with Crippen LogP contribution in [0.25, 0.3) is 43.1 Å². The summed E-state index contributed by atoms with van der Waals surface area (Å²) in [5, 5.41) is 11.1. The maximum atomic E-state index is 2.49. The molecule has 0 aromatic heterocycles. The fourth-order valence-electron chi connectivity index (χ4n) is 7.98. The van der Waals surface area contributed by atoms with E-state index in [9.17, 15) is 0 Å². The Kier molecular flexibility index (Phi) is 6.39. The second-order valence-corrected chi connectivity index (χ2v) is 12.6. The Morgan fingerprint density at radius 3 is 1.16 bits per heavy atom. The van der Waals surface area contributed by atoms with Gasteiger partial charge in [0, 0.05) is 0 Å². The van der Waals surface area contributed by atoms with Gasteiger partial charge in [0.25, 0.3) is 0 Å². The van der Waals surface area contributed by atoms with Gasteiger partial charge in [-0.15, -0.1) is 0 Å². The molecule has 2 aliphatic rings. The van der Waals surface area contributed by atoms with Crippen LogP contribution < -0.4 is 0 Å². The molecule has 38 heavy (non-hydrogen) atoms. The summed E-state index contributed by atoms with van der Waals surface area (Å²) < 4.78 is 0.